The van der Waals surface area contributed by atoms with Gasteiger partial charge >= 0.3 is 0 Å². The summed E-state index contributed by atoms with van der Waals surface area (Å²) in [4.78, 5) is 0. The number of hydrogen-bond acceptors (Lipinski definition) is 2. The summed E-state index contributed by atoms with van der Waals surface area (Å²) in [5, 5.41) is 12.6. The highest BCUT2D eigenvalue weighted by molar-refractivity contribution is 5.18. The summed E-state index contributed by atoms with van der Waals surface area (Å²) in [5.41, 5.74) is 1.32. The molecule has 1 aromatic rings. The smallest absolute Gasteiger partial charge is 0.0524 e. The first-order valence-electron chi connectivity index (χ1n) is 5.70. The van der Waals surface area contributed by atoms with Gasteiger partial charge in [0.15, 0.2) is 0 Å². The Morgan fingerprint density at radius 2 is 1.93 bits per heavy atom. The van der Waals surface area contributed by atoms with Crippen molar-refractivity contribution in [2.45, 2.75) is 38.8 Å². The van der Waals surface area contributed by atoms with Gasteiger partial charge in [0.2, 0.25) is 0 Å². The van der Waals surface area contributed by atoms with Crippen LogP contribution in [0.1, 0.15) is 38.3 Å². The molecule has 0 spiro atoms. The minimum atomic E-state index is -0.217. The average molecular weight is 207 g/mol. The zero-order chi connectivity index (χ0) is 11.1. The van der Waals surface area contributed by atoms with Crippen LogP contribution in [0.5, 0.6) is 0 Å². The number of aliphatic hydroxyl groups excluding tert-OH is 1. The Morgan fingerprint density at radius 1 is 1.27 bits per heavy atom. The van der Waals surface area contributed by atoms with E-state index < -0.39 is 0 Å². The van der Waals surface area contributed by atoms with E-state index in [0.29, 0.717) is 6.04 Å². The predicted molar refractivity (Wildman–Crippen MR) is 63.8 cm³/mol. The Morgan fingerprint density at radius 3 is 2.47 bits per heavy atom. The second kappa shape index (κ2) is 6.59. The van der Waals surface area contributed by atoms with Gasteiger partial charge in [-0.05, 0) is 31.9 Å². The molecular formula is C13H21NO. The normalized spacial score (nSPS) is 14.9. The topological polar surface area (TPSA) is 32.3 Å². The van der Waals surface area contributed by atoms with Gasteiger partial charge in [-0.3, -0.25) is 0 Å². The highest BCUT2D eigenvalue weighted by Gasteiger charge is 2.07. The first kappa shape index (κ1) is 12.2. The van der Waals surface area contributed by atoms with Gasteiger partial charge in [0.1, 0.15) is 0 Å². The third-order valence-electron chi connectivity index (χ3n) is 2.56. The Kier molecular flexibility index (Phi) is 5.37. The number of nitrogens with one attached hydrogen (secondary N) is 1. The number of hydrogen-bond donors (Lipinski definition) is 2. The summed E-state index contributed by atoms with van der Waals surface area (Å²) in [7, 11) is 0. The lowest BCUT2D eigenvalue weighted by Crippen LogP contribution is -2.24. The standard InChI is InChI=1S/C13H21NO/c1-3-13(14-10-9-11(2)15)12-7-5-4-6-8-12/h4-8,11,13-15H,3,9-10H2,1-2H3/t11-,13+/m1/s1. The predicted octanol–water partition coefficient (Wildman–Crippen LogP) is 2.50. The molecule has 0 aromatic heterocycles. The molecule has 1 rings (SSSR count). The third kappa shape index (κ3) is 4.45. The zero-order valence-corrected chi connectivity index (χ0v) is 9.61. The highest BCUT2D eigenvalue weighted by Crippen LogP contribution is 2.15. The van der Waals surface area contributed by atoms with E-state index in [9.17, 15) is 0 Å². The summed E-state index contributed by atoms with van der Waals surface area (Å²) < 4.78 is 0. The molecular weight excluding hydrogens is 186 g/mol. The van der Waals surface area contributed by atoms with E-state index in [2.05, 4.69) is 36.5 Å². The van der Waals surface area contributed by atoms with Gasteiger partial charge in [0, 0.05) is 6.04 Å². The molecule has 0 amide bonds. The Labute approximate surface area is 92.3 Å². The van der Waals surface area contributed by atoms with Crippen molar-refractivity contribution in [1.29, 1.82) is 0 Å². The second-order valence-electron chi connectivity index (χ2n) is 3.96. The largest absolute Gasteiger partial charge is 0.393 e. The molecule has 0 bridgehead atoms. The quantitative estimate of drug-likeness (QED) is 0.751. The maximum atomic E-state index is 9.17. The molecule has 15 heavy (non-hydrogen) atoms. The van der Waals surface area contributed by atoms with E-state index in [1.165, 1.54) is 5.56 Å². The Bertz CT molecular complexity index is 258. The summed E-state index contributed by atoms with van der Waals surface area (Å²) in [5.74, 6) is 0. The van der Waals surface area contributed by atoms with Gasteiger partial charge in [-0.15, -0.1) is 0 Å². The van der Waals surface area contributed by atoms with Crippen molar-refractivity contribution in [2.24, 2.45) is 0 Å². The molecule has 0 saturated carbocycles. The average Bonchev–Trinajstić information content (AvgIpc) is 2.25. The fraction of sp³-hybridized carbons (Fsp3) is 0.538. The van der Waals surface area contributed by atoms with Crippen molar-refractivity contribution in [3.05, 3.63) is 35.9 Å². The third-order valence-corrected chi connectivity index (χ3v) is 2.56. The molecule has 84 valence electrons. The number of aliphatic hydroxyl groups is 1. The number of benzene rings is 1. The van der Waals surface area contributed by atoms with Crippen LogP contribution in [0.4, 0.5) is 0 Å². The minimum absolute atomic E-state index is 0.217. The van der Waals surface area contributed by atoms with Crippen molar-refractivity contribution in [1.82, 2.24) is 5.32 Å². The summed E-state index contributed by atoms with van der Waals surface area (Å²) >= 11 is 0. The summed E-state index contributed by atoms with van der Waals surface area (Å²) in [6.45, 7) is 4.86. The maximum Gasteiger partial charge on any atom is 0.0524 e. The molecule has 0 saturated heterocycles. The molecule has 2 N–H and O–H groups in total. The number of rotatable bonds is 6. The highest BCUT2D eigenvalue weighted by atomic mass is 16.3. The second-order valence-corrected chi connectivity index (χ2v) is 3.96. The van der Waals surface area contributed by atoms with Crippen LogP contribution in [-0.4, -0.2) is 17.8 Å². The molecule has 0 heterocycles. The molecule has 1 aromatic carbocycles. The van der Waals surface area contributed by atoms with E-state index in [0.717, 1.165) is 19.4 Å². The van der Waals surface area contributed by atoms with Gasteiger partial charge < -0.3 is 10.4 Å². The van der Waals surface area contributed by atoms with Crippen molar-refractivity contribution in [3.63, 3.8) is 0 Å². The van der Waals surface area contributed by atoms with E-state index in [-0.39, 0.29) is 6.10 Å². The Hall–Kier alpha value is -0.860. The van der Waals surface area contributed by atoms with Gasteiger partial charge in [0.25, 0.3) is 0 Å². The van der Waals surface area contributed by atoms with Crippen LogP contribution >= 0.6 is 0 Å². The summed E-state index contributed by atoms with van der Waals surface area (Å²) in [6, 6.07) is 10.9. The van der Waals surface area contributed by atoms with E-state index in [1.54, 1.807) is 0 Å². The first-order valence-corrected chi connectivity index (χ1v) is 5.70. The first-order chi connectivity index (χ1) is 7.24. The van der Waals surface area contributed by atoms with Crippen LogP contribution in [0.2, 0.25) is 0 Å². The molecule has 0 fully saturated rings. The minimum Gasteiger partial charge on any atom is -0.393 e. The van der Waals surface area contributed by atoms with Gasteiger partial charge in [0.05, 0.1) is 6.10 Å². The lowest BCUT2D eigenvalue weighted by atomic mass is 10.0. The molecule has 2 nitrogen and oxygen atoms in total. The lowest BCUT2D eigenvalue weighted by Gasteiger charge is -2.17. The molecule has 0 radical (unpaired) electrons. The van der Waals surface area contributed by atoms with E-state index in [4.69, 9.17) is 5.11 Å². The fourth-order valence-electron chi connectivity index (χ4n) is 1.65. The van der Waals surface area contributed by atoms with Gasteiger partial charge in [-0.2, -0.15) is 0 Å². The zero-order valence-electron chi connectivity index (χ0n) is 9.61. The van der Waals surface area contributed by atoms with E-state index in [1.807, 2.05) is 13.0 Å². The van der Waals surface area contributed by atoms with Crippen molar-refractivity contribution < 1.29 is 5.11 Å². The SMILES string of the molecule is CC[C@H](NCC[C@@H](C)O)c1ccccc1. The van der Waals surface area contributed by atoms with Crippen molar-refractivity contribution in [2.75, 3.05) is 6.54 Å². The van der Waals surface area contributed by atoms with E-state index >= 15 is 0 Å². The molecule has 0 aliphatic carbocycles. The van der Waals surface area contributed by atoms with Crippen molar-refractivity contribution >= 4 is 0 Å². The maximum absolute atomic E-state index is 9.17. The molecule has 0 unspecified atom stereocenters. The van der Waals surface area contributed by atoms with Gasteiger partial charge in [-0.25, -0.2) is 0 Å². The lowest BCUT2D eigenvalue weighted by molar-refractivity contribution is 0.182. The van der Waals surface area contributed by atoms with Crippen LogP contribution in [-0.2, 0) is 0 Å². The van der Waals surface area contributed by atoms with Crippen LogP contribution in [0, 0.1) is 0 Å². The van der Waals surface area contributed by atoms with Crippen LogP contribution in [0.3, 0.4) is 0 Å². The molecule has 0 aliphatic heterocycles. The van der Waals surface area contributed by atoms with Crippen LogP contribution in [0.25, 0.3) is 0 Å². The van der Waals surface area contributed by atoms with Gasteiger partial charge in [-0.1, -0.05) is 37.3 Å². The molecule has 2 heteroatoms. The van der Waals surface area contributed by atoms with Crippen molar-refractivity contribution in [3.8, 4) is 0 Å². The molecule has 2 atom stereocenters. The van der Waals surface area contributed by atoms with Crippen LogP contribution < -0.4 is 5.32 Å². The molecule has 0 aliphatic rings. The monoisotopic (exact) mass is 207 g/mol. The summed E-state index contributed by atoms with van der Waals surface area (Å²) in [6.07, 6.45) is 1.67. The Balaban J connectivity index is 2.43. The fourth-order valence-corrected chi connectivity index (χ4v) is 1.65. The van der Waals surface area contributed by atoms with Crippen LogP contribution in [0.15, 0.2) is 30.3 Å².